The van der Waals surface area contributed by atoms with Gasteiger partial charge in [-0.2, -0.15) is 4.98 Å². The molecule has 0 bridgehead atoms. The van der Waals surface area contributed by atoms with Crippen molar-refractivity contribution in [2.75, 3.05) is 5.73 Å². The minimum atomic E-state index is 0.135. The summed E-state index contributed by atoms with van der Waals surface area (Å²) in [7, 11) is 0. The minimum absolute atomic E-state index is 0.135. The van der Waals surface area contributed by atoms with Gasteiger partial charge in [-0.1, -0.05) is 29.3 Å². The van der Waals surface area contributed by atoms with Gasteiger partial charge in [0.15, 0.2) is 0 Å². The summed E-state index contributed by atoms with van der Waals surface area (Å²) in [5.41, 5.74) is 5.42. The van der Waals surface area contributed by atoms with Crippen molar-refractivity contribution in [2.24, 2.45) is 0 Å². The van der Waals surface area contributed by atoms with Crippen LogP contribution in [0.4, 0.5) is 5.95 Å². The summed E-state index contributed by atoms with van der Waals surface area (Å²) in [6, 6.07) is 6.67. The van der Waals surface area contributed by atoms with Crippen LogP contribution in [-0.4, -0.2) is 9.97 Å². The van der Waals surface area contributed by atoms with Gasteiger partial charge in [0.2, 0.25) is 11.8 Å². The maximum atomic E-state index is 5.95. The SMILES string of the molecule is Nc1nccc(Oc2cccc(Cl)c2Cl)n1. The third-order valence-corrected chi connectivity index (χ3v) is 2.58. The van der Waals surface area contributed by atoms with E-state index in [0.29, 0.717) is 21.7 Å². The first-order valence-electron chi connectivity index (χ1n) is 4.37. The Balaban J connectivity index is 2.31. The number of nitrogens with zero attached hydrogens (tertiary/aromatic N) is 2. The summed E-state index contributed by atoms with van der Waals surface area (Å²) in [5.74, 6) is 0.875. The van der Waals surface area contributed by atoms with E-state index >= 15 is 0 Å². The standard InChI is InChI=1S/C10H7Cl2N3O/c11-6-2-1-3-7(9(6)12)16-8-4-5-14-10(13)15-8/h1-5H,(H2,13,14,15). The van der Waals surface area contributed by atoms with E-state index in [2.05, 4.69) is 9.97 Å². The maximum absolute atomic E-state index is 5.95. The van der Waals surface area contributed by atoms with Crippen LogP contribution in [0.15, 0.2) is 30.5 Å². The zero-order chi connectivity index (χ0) is 11.5. The van der Waals surface area contributed by atoms with E-state index in [1.165, 1.54) is 6.20 Å². The van der Waals surface area contributed by atoms with E-state index in [1.807, 2.05) is 0 Å². The van der Waals surface area contributed by atoms with Crippen LogP contribution in [0, 0.1) is 0 Å². The Morgan fingerprint density at radius 1 is 1.19 bits per heavy atom. The molecule has 0 saturated carbocycles. The molecule has 1 aromatic carbocycles. The van der Waals surface area contributed by atoms with Crippen molar-refractivity contribution in [3.05, 3.63) is 40.5 Å². The number of aromatic nitrogens is 2. The molecule has 0 aliphatic carbocycles. The van der Waals surface area contributed by atoms with Gasteiger partial charge < -0.3 is 10.5 Å². The van der Waals surface area contributed by atoms with Crippen molar-refractivity contribution in [3.8, 4) is 11.6 Å². The van der Waals surface area contributed by atoms with Gasteiger partial charge in [-0.15, -0.1) is 0 Å². The van der Waals surface area contributed by atoms with Gasteiger partial charge in [0.05, 0.1) is 5.02 Å². The molecule has 6 heteroatoms. The van der Waals surface area contributed by atoms with Gasteiger partial charge in [0.1, 0.15) is 10.8 Å². The number of nitrogens with two attached hydrogens (primary N) is 1. The predicted molar refractivity (Wildman–Crippen MR) is 63.0 cm³/mol. The molecule has 0 amide bonds. The minimum Gasteiger partial charge on any atom is -0.437 e. The highest BCUT2D eigenvalue weighted by Gasteiger charge is 2.07. The Morgan fingerprint density at radius 2 is 2.00 bits per heavy atom. The van der Waals surface area contributed by atoms with Crippen molar-refractivity contribution in [3.63, 3.8) is 0 Å². The molecule has 0 aliphatic heterocycles. The number of hydrogen-bond acceptors (Lipinski definition) is 4. The van der Waals surface area contributed by atoms with Crippen LogP contribution >= 0.6 is 23.2 Å². The van der Waals surface area contributed by atoms with Crippen LogP contribution in [-0.2, 0) is 0 Å². The van der Waals surface area contributed by atoms with E-state index in [9.17, 15) is 0 Å². The summed E-state index contributed by atoms with van der Waals surface area (Å²) in [6.45, 7) is 0. The van der Waals surface area contributed by atoms with Crippen LogP contribution in [0.25, 0.3) is 0 Å². The topological polar surface area (TPSA) is 61.0 Å². The fourth-order valence-corrected chi connectivity index (χ4v) is 1.42. The molecule has 1 aromatic heterocycles. The largest absolute Gasteiger partial charge is 0.437 e. The molecule has 4 nitrogen and oxygen atoms in total. The van der Waals surface area contributed by atoms with Crippen molar-refractivity contribution < 1.29 is 4.74 Å². The average Bonchev–Trinajstić information content (AvgIpc) is 2.25. The molecule has 0 radical (unpaired) electrons. The third kappa shape index (κ3) is 2.35. The average molecular weight is 256 g/mol. The number of halogens is 2. The molecule has 0 aliphatic rings. The lowest BCUT2D eigenvalue weighted by atomic mass is 10.3. The number of rotatable bonds is 2. The molecule has 0 unspecified atom stereocenters. The van der Waals surface area contributed by atoms with Gasteiger partial charge in [0.25, 0.3) is 0 Å². The predicted octanol–water partition coefficient (Wildman–Crippen LogP) is 3.16. The lowest BCUT2D eigenvalue weighted by Gasteiger charge is -2.07. The van der Waals surface area contributed by atoms with Crippen molar-refractivity contribution in [1.82, 2.24) is 9.97 Å². The quantitative estimate of drug-likeness (QED) is 0.896. The summed E-state index contributed by atoms with van der Waals surface area (Å²) < 4.78 is 5.42. The molecule has 82 valence electrons. The van der Waals surface area contributed by atoms with Crippen molar-refractivity contribution in [2.45, 2.75) is 0 Å². The van der Waals surface area contributed by atoms with E-state index in [0.717, 1.165) is 0 Å². The first-order chi connectivity index (χ1) is 7.66. The molecule has 2 N–H and O–H groups in total. The second kappa shape index (κ2) is 4.55. The Hall–Kier alpha value is -1.52. The normalized spacial score (nSPS) is 10.1. The number of hydrogen-bond donors (Lipinski definition) is 1. The summed E-state index contributed by atoms with van der Waals surface area (Å²) in [6.07, 6.45) is 1.50. The monoisotopic (exact) mass is 255 g/mol. The van der Waals surface area contributed by atoms with Gasteiger partial charge in [0, 0.05) is 12.3 Å². The summed E-state index contributed by atoms with van der Waals surface area (Å²) >= 11 is 11.8. The number of nitrogen functional groups attached to an aromatic ring is 1. The fourth-order valence-electron chi connectivity index (χ4n) is 1.09. The van der Waals surface area contributed by atoms with Gasteiger partial charge >= 0.3 is 0 Å². The zero-order valence-corrected chi connectivity index (χ0v) is 9.53. The van der Waals surface area contributed by atoms with Crippen LogP contribution in [0.5, 0.6) is 11.6 Å². The summed E-state index contributed by atoms with van der Waals surface area (Å²) in [4.78, 5) is 7.63. The number of ether oxygens (including phenoxy) is 1. The molecule has 2 rings (SSSR count). The lowest BCUT2D eigenvalue weighted by Crippen LogP contribution is -1.96. The first kappa shape index (κ1) is 11.0. The van der Waals surface area contributed by atoms with Crippen LogP contribution in [0.2, 0.25) is 10.0 Å². The molecule has 2 aromatic rings. The highest BCUT2D eigenvalue weighted by atomic mass is 35.5. The molecule has 0 atom stereocenters. The molecular weight excluding hydrogens is 249 g/mol. The fraction of sp³-hybridized carbons (Fsp3) is 0. The van der Waals surface area contributed by atoms with Crippen LogP contribution < -0.4 is 10.5 Å². The summed E-state index contributed by atoms with van der Waals surface area (Å²) in [5, 5.41) is 0.752. The molecular formula is C10H7Cl2N3O. The van der Waals surface area contributed by atoms with E-state index in [-0.39, 0.29) is 5.95 Å². The molecule has 1 heterocycles. The van der Waals surface area contributed by atoms with E-state index < -0.39 is 0 Å². The highest BCUT2D eigenvalue weighted by Crippen LogP contribution is 2.33. The second-order valence-corrected chi connectivity index (χ2v) is 3.69. The van der Waals surface area contributed by atoms with Crippen molar-refractivity contribution in [1.29, 1.82) is 0 Å². The Kier molecular flexibility index (Phi) is 3.12. The lowest BCUT2D eigenvalue weighted by molar-refractivity contribution is 0.463. The Bertz CT molecular complexity index is 519. The smallest absolute Gasteiger partial charge is 0.224 e. The molecule has 0 spiro atoms. The second-order valence-electron chi connectivity index (χ2n) is 2.91. The molecule has 0 saturated heterocycles. The van der Waals surface area contributed by atoms with Gasteiger partial charge in [-0.25, -0.2) is 4.98 Å². The van der Waals surface area contributed by atoms with E-state index in [4.69, 9.17) is 33.7 Å². The Morgan fingerprint density at radius 3 is 2.75 bits per heavy atom. The van der Waals surface area contributed by atoms with Gasteiger partial charge in [-0.3, -0.25) is 0 Å². The third-order valence-electron chi connectivity index (χ3n) is 1.78. The number of benzene rings is 1. The first-order valence-corrected chi connectivity index (χ1v) is 5.13. The molecule has 16 heavy (non-hydrogen) atoms. The van der Waals surface area contributed by atoms with E-state index in [1.54, 1.807) is 24.3 Å². The number of anilines is 1. The van der Waals surface area contributed by atoms with Crippen LogP contribution in [0.1, 0.15) is 0 Å². The maximum Gasteiger partial charge on any atom is 0.224 e. The molecule has 0 fully saturated rings. The Labute approximate surface area is 102 Å². The van der Waals surface area contributed by atoms with Gasteiger partial charge in [-0.05, 0) is 12.1 Å². The zero-order valence-electron chi connectivity index (χ0n) is 8.02. The van der Waals surface area contributed by atoms with Crippen molar-refractivity contribution >= 4 is 29.2 Å². The highest BCUT2D eigenvalue weighted by molar-refractivity contribution is 6.42. The van der Waals surface area contributed by atoms with Crippen LogP contribution in [0.3, 0.4) is 0 Å².